The maximum Gasteiger partial charge on any atom is 0.235 e. The summed E-state index contributed by atoms with van der Waals surface area (Å²) in [6.45, 7) is 0. The molecule has 4 rings (SSSR count). The Bertz CT molecular complexity index is 913. The zero-order chi connectivity index (χ0) is 14.9. The van der Waals surface area contributed by atoms with E-state index in [2.05, 4.69) is 15.0 Å². The third-order valence-electron chi connectivity index (χ3n) is 3.48. The van der Waals surface area contributed by atoms with Gasteiger partial charge in [-0.05, 0) is 24.3 Å². The van der Waals surface area contributed by atoms with Crippen molar-refractivity contribution in [3.63, 3.8) is 0 Å². The van der Waals surface area contributed by atoms with E-state index in [4.69, 9.17) is 10.2 Å². The van der Waals surface area contributed by atoms with Crippen LogP contribution < -0.4 is 5.73 Å². The fraction of sp³-hybridized carbons (Fsp3) is 0.0625. The second kappa shape index (κ2) is 5.00. The smallest absolute Gasteiger partial charge is 0.235 e. The first-order valence-corrected chi connectivity index (χ1v) is 6.87. The van der Waals surface area contributed by atoms with Crippen LogP contribution in [-0.2, 0) is 6.42 Å². The van der Waals surface area contributed by atoms with Crippen molar-refractivity contribution >= 4 is 16.6 Å². The van der Waals surface area contributed by atoms with Gasteiger partial charge in [-0.1, -0.05) is 6.07 Å². The van der Waals surface area contributed by atoms with Crippen molar-refractivity contribution in [3.05, 3.63) is 66.8 Å². The minimum atomic E-state index is 0.557. The number of hydrogen-bond donors (Lipinski definition) is 1. The largest absolute Gasteiger partial charge is 0.469 e. The van der Waals surface area contributed by atoms with Crippen molar-refractivity contribution in [2.75, 3.05) is 5.73 Å². The van der Waals surface area contributed by atoms with Gasteiger partial charge in [0.2, 0.25) is 5.95 Å². The van der Waals surface area contributed by atoms with Crippen LogP contribution in [0.5, 0.6) is 0 Å². The predicted molar refractivity (Wildman–Crippen MR) is 82.6 cm³/mol. The van der Waals surface area contributed by atoms with E-state index < -0.39 is 0 Å². The van der Waals surface area contributed by atoms with E-state index >= 15 is 0 Å². The van der Waals surface area contributed by atoms with Gasteiger partial charge in [0.15, 0.2) is 0 Å². The predicted octanol–water partition coefficient (Wildman–Crippen LogP) is 2.58. The molecule has 0 unspecified atom stereocenters. The quantitative estimate of drug-likeness (QED) is 0.587. The highest BCUT2D eigenvalue weighted by molar-refractivity contribution is 5.92. The number of furan rings is 1. The lowest BCUT2D eigenvalue weighted by Gasteiger charge is -2.10. The van der Waals surface area contributed by atoms with E-state index in [-0.39, 0.29) is 0 Å². The first-order valence-electron chi connectivity index (χ1n) is 6.87. The molecule has 3 aromatic heterocycles. The molecule has 0 fully saturated rings. The number of aromatic nitrogens is 4. The van der Waals surface area contributed by atoms with Crippen LogP contribution in [0.3, 0.4) is 0 Å². The van der Waals surface area contributed by atoms with Gasteiger partial charge in [-0.25, -0.2) is 15.0 Å². The Labute approximate surface area is 126 Å². The monoisotopic (exact) mass is 291 g/mol. The number of rotatable bonds is 3. The molecule has 4 aromatic rings. The molecule has 0 atom stereocenters. The summed E-state index contributed by atoms with van der Waals surface area (Å²) in [6, 6.07) is 9.45. The Kier molecular flexibility index (Phi) is 2.86. The van der Waals surface area contributed by atoms with Crippen LogP contribution in [0.1, 0.15) is 11.5 Å². The Hall–Kier alpha value is -3.15. The topological polar surface area (TPSA) is 82.8 Å². The number of nitrogens with two attached hydrogens (primary N) is 1. The average molecular weight is 291 g/mol. The van der Waals surface area contributed by atoms with Gasteiger partial charge in [0.05, 0.1) is 17.5 Å². The summed E-state index contributed by atoms with van der Waals surface area (Å²) in [7, 11) is 0. The lowest BCUT2D eigenvalue weighted by atomic mass is 10.1. The number of nitrogens with zero attached hydrogens (tertiary/aromatic N) is 4. The number of nitrogen functional groups attached to an aromatic ring is 1. The molecule has 0 bridgehead atoms. The summed E-state index contributed by atoms with van der Waals surface area (Å²) in [6.07, 6.45) is 7.38. The van der Waals surface area contributed by atoms with E-state index in [9.17, 15) is 0 Å². The highest BCUT2D eigenvalue weighted by Crippen LogP contribution is 2.25. The van der Waals surface area contributed by atoms with E-state index in [1.165, 1.54) is 0 Å². The van der Waals surface area contributed by atoms with Crippen LogP contribution in [0, 0.1) is 0 Å². The molecule has 2 N–H and O–H groups in total. The van der Waals surface area contributed by atoms with Gasteiger partial charge >= 0.3 is 0 Å². The fourth-order valence-electron chi connectivity index (χ4n) is 2.47. The molecule has 0 spiro atoms. The van der Waals surface area contributed by atoms with Gasteiger partial charge in [-0.15, -0.1) is 0 Å². The van der Waals surface area contributed by atoms with Crippen molar-refractivity contribution in [2.24, 2.45) is 0 Å². The minimum Gasteiger partial charge on any atom is -0.469 e. The Morgan fingerprint density at radius 1 is 1.14 bits per heavy atom. The van der Waals surface area contributed by atoms with Crippen molar-refractivity contribution in [2.45, 2.75) is 6.42 Å². The number of imidazole rings is 1. The number of benzene rings is 1. The lowest BCUT2D eigenvalue weighted by Crippen LogP contribution is -2.05. The Balaban J connectivity index is 1.94. The zero-order valence-corrected chi connectivity index (χ0v) is 11.7. The van der Waals surface area contributed by atoms with Crippen molar-refractivity contribution < 1.29 is 4.42 Å². The summed E-state index contributed by atoms with van der Waals surface area (Å²) < 4.78 is 7.21. The summed E-state index contributed by atoms with van der Waals surface area (Å²) in [5, 5.41) is 0.864. The molecule has 0 amide bonds. The molecular weight excluding hydrogens is 278 g/mol. The average Bonchev–Trinajstić information content (AvgIpc) is 3.20. The molecule has 0 aliphatic heterocycles. The van der Waals surface area contributed by atoms with Gasteiger partial charge < -0.3 is 10.2 Å². The summed E-state index contributed by atoms with van der Waals surface area (Å²) in [5.41, 5.74) is 8.43. The third-order valence-corrected chi connectivity index (χ3v) is 3.48. The molecule has 0 aliphatic carbocycles. The van der Waals surface area contributed by atoms with Crippen molar-refractivity contribution in [1.82, 2.24) is 19.5 Å². The highest BCUT2D eigenvalue weighted by atomic mass is 16.3. The molecule has 6 heteroatoms. The number of fused-ring (bicyclic) bond motifs is 1. The lowest BCUT2D eigenvalue weighted by molar-refractivity contribution is 0.519. The van der Waals surface area contributed by atoms with Crippen molar-refractivity contribution in [3.8, 4) is 5.95 Å². The fourth-order valence-corrected chi connectivity index (χ4v) is 2.47. The van der Waals surface area contributed by atoms with Crippen LogP contribution in [-0.4, -0.2) is 19.5 Å². The standard InChI is InChI=1S/C16H13N5O/c17-12-4-1-5-13-15(12)14(9-11-3-2-8-22-11)20-16(19-13)21-7-6-18-10-21/h1-8,10H,9,17H2. The van der Waals surface area contributed by atoms with E-state index in [1.807, 2.05) is 36.5 Å². The normalized spacial score (nSPS) is 11.1. The second-order valence-electron chi connectivity index (χ2n) is 4.94. The third kappa shape index (κ3) is 2.10. The molecule has 108 valence electrons. The van der Waals surface area contributed by atoms with Crippen LogP contribution >= 0.6 is 0 Å². The first-order chi connectivity index (χ1) is 10.8. The van der Waals surface area contributed by atoms with Gasteiger partial charge in [0.1, 0.15) is 12.1 Å². The van der Waals surface area contributed by atoms with Crippen LogP contribution in [0.4, 0.5) is 5.69 Å². The second-order valence-corrected chi connectivity index (χ2v) is 4.94. The maximum absolute atomic E-state index is 6.12. The number of hydrogen-bond acceptors (Lipinski definition) is 5. The summed E-state index contributed by atoms with van der Waals surface area (Å²) in [4.78, 5) is 13.3. The zero-order valence-electron chi connectivity index (χ0n) is 11.7. The molecule has 0 aliphatic rings. The van der Waals surface area contributed by atoms with Crippen molar-refractivity contribution in [1.29, 1.82) is 0 Å². The molecule has 3 heterocycles. The SMILES string of the molecule is Nc1cccc2nc(-n3ccnc3)nc(Cc3ccco3)c12. The van der Waals surface area contributed by atoms with E-state index in [0.29, 0.717) is 18.1 Å². The molecule has 0 saturated carbocycles. The number of anilines is 1. The highest BCUT2D eigenvalue weighted by Gasteiger charge is 2.13. The maximum atomic E-state index is 6.12. The van der Waals surface area contributed by atoms with E-state index in [0.717, 1.165) is 22.4 Å². The summed E-state index contributed by atoms with van der Waals surface area (Å²) in [5.74, 6) is 1.40. The molecule has 0 saturated heterocycles. The Morgan fingerprint density at radius 3 is 2.86 bits per heavy atom. The van der Waals surface area contributed by atoms with Gasteiger partial charge in [-0.3, -0.25) is 4.57 Å². The van der Waals surface area contributed by atoms with Crippen LogP contribution in [0.25, 0.3) is 16.9 Å². The first kappa shape index (κ1) is 12.6. The van der Waals surface area contributed by atoms with Gasteiger partial charge in [0, 0.05) is 29.9 Å². The van der Waals surface area contributed by atoms with E-state index in [1.54, 1.807) is 23.4 Å². The molecule has 22 heavy (non-hydrogen) atoms. The molecule has 0 radical (unpaired) electrons. The molecule has 6 nitrogen and oxygen atoms in total. The Morgan fingerprint density at radius 2 is 2.09 bits per heavy atom. The van der Waals surface area contributed by atoms with Gasteiger partial charge in [0.25, 0.3) is 0 Å². The van der Waals surface area contributed by atoms with Crippen LogP contribution in [0.15, 0.2) is 59.7 Å². The van der Waals surface area contributed by atoms with Gasteiger partial charge in [-0.2, -0.15) is 0 Å². The molecule has 1 aromatic carbocycles. The minimum absolute atomic E-state index is 0.557. The van der Waals surface area contributed by atoms with Crippen LogP contribution in [0.2, 0.25) is 0 Å². The summed E-state index contributed by atoms with van der Waals surface area (Å²) >= 11 is 0. The molecular formula is C16H13N5O.